The molecule has 0 unspecified atom stereocenters. The van der Waals surface area contributed by atoms with Crippen LogP contribution in [-0.2, 0) is 22.3 Å². The summed E-state index contributed by atoms with van der Waals surface area (Å²) in [7, 11) is 0.596. The van der Waals surface area contributed by atoms with E-state index in [1.807, 2.05) is 24.3 Å². The van der Waals surface area contributed by atoms with E-state index in [1.165, 1.54) is 0 Å². The monoisotopic (exact) mass is 435 g/mol. The maximum absolute atomic E-state index is 12.5. The van der Waals surface area contributed by atoms with Gasteiger partial charge in [0.05, 0.1) is 30.0 Å². The lowest BCUT2D eigenvalue weighted by atomic mass is 10.2. The van der Waals surface area contributed by atoms with Crippen molar-refractivity contribution < 1.29 is 18.2 Å². The number of methoxy groups -OCH3 is 1. The van der Waals surface area contributed by atoms with Crippen molar-refractivity contribution in [3.63, 3.8) is 0 Å². The highest BCUT2D eigenvalue weighted by Gasteiger charge is 2.29. The number of fused-ring (bicyclic) bond motifs is 1. The van der Waals surface area contributed by atoms with Gasteiger partial charge in [-0.3, -0.25) is 9.00 Å². The number of carbonyl (C=O) groups is 1. The minimum atomic E-state index is -1.00. The molecule has 9 heteroatoms. The van der Waals surface area contributed by atoms with Crippen molar-refractivity contribution in [3.05, 3.63) is 58.1 Å². The van der Waals surface area contributed by atoms with Gasteiger partial charge in [-0.15, -0.1) is 0 Å². The maximum Gasteiger partial charge on any atom is 0.292 e. The van der Waals surface area contributed by atoms with Crippen molar-refractivity contribution in [1.82, 2.24) is 9.78 Å². The zero-order chi connectivity index (χ0) is 18.3. The Hall–Kier alpha value is -2.39. The summed E-state index contributed by atoms with van der Waals surface area (Å²) in [5.41, 5.74) is 2.29. The zero-order valence-electron chi connectivity index (χ0n) is 13.7. The Kier molecular flexibility index (Phi) is 4.41. The average Bonchev–Trinajstić information content (AvgIpc) is 3.30. The molecule has 0 spiro atoms. The molecule has 4 rings (SSSR count). The molecule has 1 atom stereocenters. The molecule has 0 bridgehead atoms. The lowest BCUT2D eigenvalue weighted by Crippen LogP contribution is -2.16. The van der Waals surface area contributed by atoms with Gasteiger partial charge in [-0.1, -0.05) is 0 Å². The number of halogens is 1. The van der Waals surface area contributed by atoms with Gasteiger partial charge in [0.1, 0.15) is 11.6 Å². The number of furan rings is 1. The van der Waals surface area contributed by atoms with Crippen molar-refractivity contribution >= 4 is 38.5 Å². The number of nitrogens with zero attached hydrogens (tertiary/aromatic N) is 2. The number of rotatable bonds is 4. The average molecular weight is 436 g/mol. The number of ether oxygens (including phenoxy) is 1. The van der Waals surface area contributed by atoms with Gasteiger partial charge in [0.2, 0.25) is 0 Å². The Labute approximate surface area is 159 Å². The largest absolute Gasteiger partial charge is 0.497 e. The summed E-state index contributed by atoms with van der Waals surface area (Å²) in [6.07, 6.45) is 0. The summed E-state index contributed by atoms with van der Waals surface area (Å²) >= 11 is 3.18. The Morgan fingerprint density at radius 3 is 2.69 bits per heavy atom. The fourth-order valence-corrected chi connectivity index (χ4v) is 4.34. The summed E-state index contributed by atoms with van der Waals surface area (Å²) < 4.78 is 24.5. The van der Waals surface area contributed by atoms with E-state index in [1.54, 1.807) is 23.9 Å². The molecule has 3 heterocycles. The lowest BCUT2D eigenvalue weighted by molar-refractivity contribution is 0.0994. The molecule has 1 aromatic carbocycles. The fraction of sp³-hybridized carbons (Fsp3) is 0.176. The van der Waals surface area contributed by atoms with Crippen LogP contribution in [0.25, 0.3) is 5.69 Å². The first kappa shape index (κ1) is 17.0. The molecule has 0 saturated heterocycles. The first-order valence-corrected chi connectivity index (χ1v) is 10.00. The van der Waals surface area contributed by atoms with E-state index in [0.29, 0.717) is 22.0 Å². The molecule has 2 aromatic heterocycles. The molecule has 3 aromatic rings. The Balaban J connectivity index is 1.74. The highest BCUT2D eigenvalue weighted by molar-refractivity contribution is 9.10. The van der Waals surface area contributed by atoms with Gasteiger partial charge >= 0.3 is 0 Å². The van der Waals surface area contributed by atoms with Crippen LogP contribution in [0.3, 0.4) is 0 Å². The van der Waals surface area contributed by atoms with Gasteiger partial charge in [-0.2, -0.15) is 5.10 Å². The quantitative estimate of drug-likeness (QED) is 0.679. The second-order valence-electron chi connectivity index (χ2n) is 5.67. The van der Waals surface area contributed by atoms with Crippen LogP contribution in [0.15, 0.2) is 45.5 Å². The summed E-state index contributed by atoms with van der Waals surface area (Å²) in [5, 5.41) is 7.40. The van der Waals surface area contributed by atoms with Gasteiger partial charge in [-0.05, 0) is 52.3 Å². The van der Waals surface area contributed by atoms with E-state index < -0.39 is 16.7 Å². The summed E-state index contributed by atoms with van der Waals surface area (Å²) in [6.45, 7) is 0. The van der Waals surface area contributed by atoms with E-state index in [-0.39, 0.29) is 5.76 Å². The third kappa shape index (κ3) is 3.08. The lowest BCUT2D eigenvalue weighted by Gasteiger charge is -2.10. The molecule has 0 fully saturated rings. The summed E-state index contributed by atoms with van der Waals surface area (Å²) in [4.78, 5) is 12.5. The van der Waals surface area contributed by atoms with Gasteiger partial charge in [0, 0.05) is 16.4 Å². The number of aromatic nitrogens is 2. The maximum atomic E-state index is 12.5. The molecule has 1 aliphatic rings. The van der Waals surface area contributed by atoms with Crippen LogP contribution in [0.5, 0.6) is 5.75 Å². The van der Waals surface area contributed by atoms with Crippen molar-refractivity contribution in [3.8, 4) is 11.4 Å². The molecule has 1 aliphatic heterocycles. The number of hydrogen-bond acceptors (Lipinski definition) is 5. The van der Waals surface area contributed by atoms with Crippen LogP contribution < -0.4 is 10.1 Å². The summed E-state index contributed by atoms with van der Waals surface area (Å²) in [5.74, 6) is 1.75. The van der Waals surface area contributed by atoms with Gasteiger partial charge in [0.25, 0.3) is 5.91 Å². The molecule has 1 amide bonds. The predicted molar refractivity (Wildman–Crippen MR) is 100 cm³/mol. The number of anilines is 1. The molecule has 7 nitrogen and oxygen atoms in total. The van der Waals surface area contributed by atoms with Gasteiger partial charge < -0.3 is 14.5 Å². The minimum absolute atomic E-state index is 0.173. The van der Waals surface area contributed by atoms with Crippen molar-refractivity contribution in [2.45, 2.75) is 11.5 Å². The van der Waals surface area contributed by atoms with Crippen LogP contribution >= 0.6 is 15.9 Å². The molecular formula is C17H14BrN3O4S. The predicted octanol–water partition coefficient (Wildman–Crippen LogP) is 3.25. The van der Waals surface area contributed by atoms with Crippen molar-refractivity contribution in [1.29, 1.82) is 0 Å². The Morgan fingerprint density at radius 2 is 2.04 bits per heavy atom. The van der Waals surface area contributed by atoms with Crippen molar-refractivity contribution in [2.24, 2.45) is 0 Å². The second kappa shape index (κ2) is 6.73. The van der Waals surface area contributed by atoms with Gasteiger partial charge in [0.15, 0.2) is 10.4 Å². The number of amides is 1. The molecular weight excluding hydrogens is 422 g/mol. The van der Waals surface area contributed by atoms with E-state index in [9.17, 15) is 9.00 Å². The molecule has 0 radical (unpaired) electrons. The first-order chi connectivity index (χ1) is 12.5. The van der Waals surface area contributed by atoms with E-state index in [0.717, 1.165) is 22.7 Å². The number of carbonyl (C=O) groups excluding carboxylic acids is 1. The SMILES string of the molecule is COc1ccc(-n2nc3c(c2NC(=O)c2ccc(Br)o2)C[S@@](=O)C3)cc1. The standard InChI is InChI=1S/C17H14BrN3O4S/c1-24-11-4-2-10(3-5-11)21-16(12-8-26(23)9-13(12)20-21)19-17(22)14-6-7-15(18)25-14/h2-7H,8-9H2,1H3,(H,19,22)/t26-/m1/s1. The van der Waals surface area contributed by atoms with E-state index >= 15 is 0 Å². The van der Waals surface area contributed by atoms with Crippen LogP contribution in [0.1, 0.15) is 21.8 Å². The smallest absolute Gasteiger partial charge is 0.292 e. The normalized spacial score (nSPS) is 15.7. The van der Waals surface area contributed by atoms with Gasteiger partial charge in [-0.25, -0.2) is 4.68 Å². The third-order valence-corrected chi connectivity index (χ3v) is 5.65. The Morgan fingerprint density at radius 1 is 1.27 bits per heavy atom. The van der Waals surface area contributed by atoms with Crippen LogP contribution in [-0.4, -0.2) is 27.0 Å². The second-order valence-corrected chi connectivity index (χ2v) is 7.91. The zero-order valence-corrected chi connectivity index (χ0v) is 16.1. The Bertz CT molecular complexity index is 1010. The topological polar surface area (TPSA) is 86.4 Å². The molecule has 26 heavy (non-hydrogen) atoms. The number of benzene rings is 1. The van der Waals surface area contributed by atoms with Crippen LogP contribution in [0.2, 0.25) is 0 Å². The molecule has 134 valence electrons. The van der Waals surface area contributed by atoms with Crippen molar-refractivity contribution in [2.75, 3.05) is 12.4 Å². The summed E-state index contributed by atoms with van der Waals surface area (Å²) in [6, 6.07) is 10.5. The van der Waals surface area contributed by atoms with Crippen LogP contribution in [0.4, 0.5) is 5.82 Å². The fourth-order valence-electron chi connectivity index (χ4n) is 2.77. The first-order valence-electron chi connectivity index (χ1n) is 7.72. The minimum Gasteiger partial charge on any atom is -0.497 e. The molecule has 0 aliphatic carbocycles. The third-order valence-electron chi connectivity index (χ3n) is 4.02. The number of nitrogens with one attached hydrogen (secondary N) is 1. The highest BCUT2D eigenvalue weighted by Crippen LogP contribution is 2.32. The highest BCUT2D eigenvalue weighted by atomic mass is 79.9. The molecule has 0 saturated carbocycles. The molecule has 1 N–H and O–H groups in total. The van der Waals surface area contributed by atoms with E-state index in [2.05, 4.69) is 26.3 Å². The van der Waals surface area contributed by atoms with Crippen LogP contribution in [0, 0.1) is 0 Å². The number of hydrogen-bond donors (Lipinski definition) is 1. The van der Waals surface area contributed by atoms with E-state index in [4.69, 9.17) is 9.15 Å².